The van der Waals surface area contributed by atoms with Gasteiger partial charge in [0.2, 0.25) is 5.95 Å². The third-order valence-corrected chi connectivity index (χ3v) is 5.88. The van der Waals surface area contributed by atoms with Gasteiger partial charge in [0.25, 0.3) is 0 Å². The molecule has 0 radical (unpaired) electrons. The Labute approximate surface area is 178 Å². The van der Waals surface area contributed by atoms with Crippen molar-refractivity contribution in [2.45, 2.75) is 39.2 Å². The van der Waals surface area contributed by atoms with Gasteiger partial charge >= 0.3 is 0 Å². The lowest BCUT2D eigenvalue weighted by molar-refractivity contribution is 0.444. The molecule has 6 nitrogen and oxygen atoms in total. The summed E-state index contributed by atoms with van der Waals surface area (Å²) >= 11 is 5.50. The van der Waals surface area contributed by atoms with Crippen molar-refractivity contribution in [3.05, 3.63) is 42.0 Å². The Morgan fingerprint density at radius 1 is 1.03 bits per heavy atom. The third kappa shape index (κ3) is 5.35. The average Bonchev–Trinajstić information content (AvgIpc) is 3.28. The number of thiocarbonyl (C=S) groups is 1. The number of nitrogens with one attached hydrogen (secondary N) is 2. The molecule has 0 bridgehead atoms. The fourth-order valence-electron chi connectivity index (χ4n) is 4.07. The third-order valence-electron chi connectivity index (χ3n) is 5.63. The number of hydrogen-bond acceptors (Lipinski definition) is 5. The summed E-state index contributed by atoms with van der Waals surface area (Å²) in [4.78, 5) is 14.3. The van der Waals surface area contributed by atoms with E-state index in [4.69, 9.17) is 22.2 Å². The minimum Gasteiger partial charge on any atom is -0.358 e. The van der Waals surface area contributed by atoms with Crippen molar-refractivity contribution < 1.29 is 0 Å². The van der Waals surface area contributed by atoms with Gasteiger partial charge in [0, 0.05) is 38.8 Å². The Balaban J connectivity index is 1.49. The van der Waals surface area contributed by atoms with Crippen LogP contribution in [0.4, 0.5) is 17.6 Å². The molecule has 154 valence electrons. The van der Waals surface area contributed by atoms with Crippen LogP contribution in [-0.2, 0) is 6.54 Å². The van der Waals surface area contributed by atoms with Crippen molar-refractivity contribution >= 4 is 34.9 Å². The maximum atomic E-state index is 5.50. The van der Waals surface area contributed by atoms with Crippen LogP contribution in [0.15, 0.2) is 36.4 Å². The maximum absolute atomic E-state index is 5.50. The van der Waals surface area contributed by atoms with Gasteiger partial charge in [-0.3, -0.25) is 0 Å². The summed E-state index contributed by atoms with van der Waals surface area (Å²) in [6, 6.07) is 12.4. The van der Waals surface area contributed by atoms with Gasteiger partial charge in [0.05, 0.1) is 0 Å². The molecule has 7 heteroatoms. The normalized spacial score (nSPS) is 19.3. The summed E-state index contributed by atoms with van der Waals surface area (Å²) in [6.07, 6.45) is 4.95. The summed E-state index contributed by atoms with van der Waals surface area (Å²) in [5.74, 6) is 3.27. The SMILES string of the molecule is C[C@@H]1CCCN(c2cc(N3CCCC3)nc(NC(=S)NCc3ccccc3)n2)C1. The molecule has 0 unspecified atom stereocenters. The average molecular weight is 411 g/mol. The first kappa shape index (κ1) is 19.9. The van der Waals surface area contributed by atoms with Crippen LogP contribution in [0, 0.1) is 5.92 Å². The van der Waals surface area contributed by atoms with Crippen LogP contribution in [0.2, 0.25) is 0 Å². The van der Waals surface area contributed by atoms with E-state index in [-0.39, 0.29) is 0 Å². The zero-order valence-corrected chi connectivity index (χ0v) is 17.9. The van der Waals surface area contributed by atoms with E-state index in [0.717, 1.165) is 37.8 Å². The molecule has 0 amide bonds. The van der Waals surface area contributed by atoms with Gasteiger partial charge in [-0.15, -0.1) is 0 Å². The molecule has 2 aliphatic heterocycles. The van der Waals surface area contributed by atoms with Crippen LogP contribution < -0.4 is 20.4 Å². The molecule has 1 atom stereocenters. The molecular weight excluding hydrogens is 380 g/mol. The Morgan fingerprint density at radius 3 is 2.45 bits per heavy atom. The van der Waals surface area contributed by atoms with Gasteiger partial charge in [-0.2, -0.15) is 9.97 Å². The van der Waals surface area contributed by atoms with Crippen molar-refractivity contribution in [1.82, 2.24) is 15.3 Å². The van der Waals surface area contributed by atoms with Crippen LogP contribution in [-0.4, -0.2) is 41.3 Å². The van der Waals surface area contributed by atoms with E-state index in [1.54, 1.807) is 0 Å². The highest BCUT2D eigenvalue weighted by atomic mass is 32.1. The number of hydrogen-bond donors (Lipinski definition) is 2. The second-order valence-corrected chi connectivity index (χ2v) is 8.50. The standard InChI is InChI=1S/C22H30N6S/c1-17-8-7-13-28(16-17)20-14-19(27-11-5-6-12-27)24-21(25-20)26-22(29)23-15-18-9-3-2-4-10-18/h2-4,9-10,14,17H,5-8,11-13,15-16H2,1H3,(H2,23,24,25,26,29)/t17-/m1/s1. The number of piperidine rings is 1. The molecular formula is C22H30N6S. The number of nitrogens with zero attached hydrogens (tertiary/aromatic N) is 4. The van der Waals surface area contributed by atoms with E-state index < -0.39 is 0 Å². The smallest absolute Gasteiger partial charge is 0.232 e. The number of aromatic nitrogens is 2. The first-order chi connectivity index (χ1) is 14.2. The minimum absolute atomic E-state index is 0.547. The summed E-state index contributed by atoms with van der Waals surface area (Å²) in [7, 11) is 0. The summed E-state index contributed by atoms with van der Waals surface area (Å²) in [6.45, 7) is 7.21. The highest BCUT2D eigenvalue weighted by molar-refractivity contribution is 7.80. The van der Waals surface area contributed by atoms with Gasteiger partial charge in [0.15, 0.2) is 5.11 Å². The Hall–Kier alpha value is -2.41. The topological polar surface area (TPSA) is 56.3 Å². The Kier molecular flexibility index (Phi) is 6.44. The zero-order chi connectivity index (χ0) is 20.1. The number of benzene rings is 1. The van der Waals surface area contributed by atoms with Crippen LogP contribution >= 0.6 is 12.2 Å². The minimum atomic E-state index is 0.547. The fraction of sp³-hybridized carbons (Fsp3) is 0.500. The Bertz CT molecular complexity index is 821. The van der Waals surface area contributed by atoms with Crippen molar-refractivity contribution in [1.29, 1.82) is 0 Å². The van der Waals surface area contributed by atoms with E-state index >= 15 is 0 Å². The van der Waals surface area contributed by atoms with Crippen LogP contribution in [0.25, 0.3) is 0 Å². The van der Waals surface area contributed by atoms with E-state index in [2.05, 4.69) is 45.6 Å². The highest BCUT2D eigenvalue weighted by Gasteiger charge is 2.21. The van der Waals surface area contributed by atoms with Crippen LogP contribution in [0.3, 0.4) is 0 Å². The van der Waals surface area contributed by atoms with Crippen molar-refractivity contribution in [3.63, 3.8) is 0 Å². The number of anilines is 3. The summed E-state index contributed by atoms with van der Waals surface area (Å²) in [5.41, 5.74) is 1.19. The van der Waals surface area contributed by atoms with E-state index in [0.29, 0.717) is 23.5 Å². The van der Waals surface area contributed by atoms with Crippen molar-refractivity contribution in [2.75, 3.05) is 41.3 Å². The molecule has 0 aliphatic carbocycles. The monoisotopic (exact) mass is 410 g/mol. The molecule has 0 saturated carbocycles. The van der Waals surface area contributed by atoms with Crippen LogP contribution in [0.1, 0.15) is 38.2 Å². The molecule has 1 aromatic carbocycles. The van der Waals surface area contributed by atoms with E-state index in [1.807, 2.05) is 18.2 Å². The van der Waals surface area contributed by atoms with Crippen molar-refractivity contribution in [2.24, 2.45) is 5.92 Å². The van der Waals surface area contributed by atoms with Crippen LogP contribution in [0.5, 0.6) is 0 Å². The molecule has 2 aliphatic rings. The molecule has 2 saturated heterocycles. The van der Waals surface area contributed by atoms with Gasteiger partial charge in [-0.05, 0) is 49.4 Å². The number of rotatable bonds is 5. The van der Waals surface area contributed by atoms with Gasteiger partial charge < -0.3 is 20.4 Å². The second-order valence-electron chi connectivity index (χ2n) is 8.09. The quantitative estimate of drug-likeness (QED) is 0.727. The fourth-order valence-corrected chi connectivity index (χ4v) is 4.23. The van der Waals surface area contributed by atoms with Gasteiger partial charge in [-0.25, -0.2) is 0 Å². The van der Waals surface area contributed by atoms with E-state index in [1.165, 1.54) is 31.2 Å². The molecule has 2 aromatic rings. The zero-order valence-electron chi connectivity index (χ0n) is 17.1. The summed E-state index contributed by atoms with van der Waals surface area (Å²) in [5, 5.41) is 7.01. The van der Waals surface area contributed by atoms with E-state index in [9.17, 15) is 0 Å². The largest absolute Gasteiger partial charge is 0.358 e. The summed E-state index contributed by atoms with van der Waals surface area (Å²) < 4.78 is 0. The molecule has 2 fully saturated rings. The second kappa shape index (κ2) is 9.39. The predicted octanol–water partition coefficient (Wildman–Crippen LogP) is 3.80. The lowest BCUT2D eigenvalue weighted by Crippen LogP contribution is -2.35. The maximum Gasteiger partial charge on any atom is 0.232 e. The Morgan fingerprint density at radius 2 is 1.72 bits per heavy atom. The lowest BCUT2D eigenvalue weighted by Gasteiger charge is -2.32. The molecule has 4 rings (SSSR count). The lowest BCUT2D eigenvalue weighted by atomic mass is 10.0. The first-order valence-corrected chi connectivity index (χ1v) is 11.1. The molecule has 0 spiro atoms. The van der Waals surface area contributed by atoms with Crippen molar-refractivity contribution in [3.8, 4) is 0 Å². The predicted molar refractivity (Wildman–Crippen MR) is 124 cm³/mol. The molecule has 3 heterocycles. The highest BCUT2D eigenvalue weighted by Crippen LogP contribution is 2.27. The van der Waals surface area contributed by atoms with Gasteiger partial charge in [-0.1, -0.05) is 37.3 Å². The first-order valence-electron chi connectivity index (χ1n) is 10.6. The van der Waals surface area contributed by atoms with Gasteiger partial charge in [0.1, 0.15) is 11.6 Å². The molecule has 29 heavy (non-hydrogen) atoms. The molecule has 2 N–H and O–H groups in total. The molecule has 1 aromatic heterocycles.